The van der Waals surface area contributed by atoms with Crippen LogP contribution in [0.1, 0.15) is 32.6 Å². The summed E-state index contributed by atoms with van der Waals surface area (Å²) in [6.07, 6.45) is 2.70. The number of hydrogen-bond acceptors (Lipinski definition) is 3. The van der Waals surface area contributed by atoms with E-state index >= 15 is 0 Å². The van der Waals surface area contributed by atoms with Gasteiger partial charge >= 0.3 is 0 Å². The lowest BCUT2D eigenvalue weighted by Crippen LogP contribution is -3.02. The van der Waals surface area contributed by atoms with Crippen LogP contribution >= 0.6 is 0 Å². The van der Waals surface area contributed by atoms with Crippen LogP contribution in [-0.2, 0) is 4.74 Å². The Morgan fingerprint density at radius 3 is 2.07 bits per heavy atom. The Bertz CT molecular complexity index is 124. The number of quaternary nitrogens is 1. The Hall–Kier alpha value is -0.770. The molecule has 0 saturated carbocycles. The molecule has 0 aromatic rings. The standard InChI is InChI=1S/C7H14O3.C3H9N/c1-2-3-4-5-6-10-7(8)9;1-4(2)3/h2-6H2,1H3,(H,8,9);1-3H3. The second-order valence-corrected chi connectivity index (χ2v) is 3.66. The lowest BCUT2D eigenvalue weighted by molar-refractivity contribution is -0.836. The fraction of sp³-hybridized carbons (Fsp3) is 0.900. The second-order valence-electron chi connectivity index (χ2n) is 3.66. The first kappa shape index (κ1) is 15.7. The molecule has 4 nitrogen and oxygen atoms in total. The third-order valence-corrected chi connectivity index (χ3v) is 1.22. The minimum Gasteiger partial charge on any atom is -0.550 e. The van der Waals surface area contributed by atoms with Gasteiger partial charge in [-0.3, -0.25) is 0 Å². The van der Waals surface area contributed by atoms with Crippen molar-refractivity contribution in [3.63, 3.8) is 0 Å². The molecule has 0 aliphatic carbocycles. The highest BCUT2D eigenvalue weighted by Crippen LogP contribution is 1.98. The highest BCUT2D eigenvalue weighted by molar-refractivity contribution is 5.53. The molecule has 0 aliphatic heterocycles. The summed E-state index contributed by atoms with van der Waals surface area (Å²) in [6, 6.07) is 0. The summed E-state index contributed by atoms with van der Waals surface area (Å²) in [6.45, 7) is 2.38. The van der Waals surface area contributed by atoms with E-state index in [1.54, 1.807) is 0 Å². The summed E-state index contributed by atoms with van der Waals surface area (Å²) in [5.41, 5.74) is 0. The van der Waals surface area contributed by atoms with Gasteiger partial charge in [0.05, 0.1) is 21.1 Å². The van der Waals surface area contributed by atoms with Crippen molar-refractivity contribution in [2.75, 3.05) is 27.7 Å². The minimum atomic E-state index is -1.42. The van der Waals surface area contributed by atoms with Crippen LogP contribution in [0.25, 0.3) is 0 Å². The predicted molar refractivity (Wildman–Crippen MR) is 54.2 cm³/mol. The zero-order chi connectivity index (χ0) is 11.4. The van der Waals surface area contributed by atoms with Gasteiger partial charge in [-0.1, -0.05) is 26.2 Å². The van der Waals surface area contributed by atoms with Crippen molar-refractivity contribution in [3.05, 3.63) is 0 Å². The van der Waals surface area contributed by atoms with E-state index in [1.165, 1.54) is 4.90 Å². The fourth-order valence-corrected chi connectivity index (χ4v) is 0.684. The lowest BCUT2D eigenvalue weighted by atomic mass is 10.2. The first-order chi connectivity index (χ1) is 6.50. The second kappa shape index (κ2) is 12.2. The van der Waals surface area contributed by atoms with Crippen LogP contribution in [0.5, 0.6) is 0 Å². The van der Waals surface area contributed by atoms with E-state index in [2.05, 4.69) is 32.8 Å². The highest BCUT2D eigenvalue weighted by atomic mass is 16.7. The molecule has 4 heteroatoms. The maximum atomic E-state index is 9.70. The van der Waals surface area contributed by atoms with Crippen LogP contribution in [0.15, 0.2) is 0 Å². The number of nitrogens with one attached hydrogen (secondary N) is 1. The van der Waals surface area contributed by atoms with E-state index in [0.717, 1.165) is 25.7 Å². The van der Waals surface area contributed by atoms with Crippen molar-refractivity contribution < 1.29 is 19.5 Å². The van der Waals surface area contributed by atoms with Gasteiger partial charge in [0, 0.05) is 6.61 Å². The maximum Gasteiger partial charge on any atom is 0.251 e. The summed E-state index contributed by atoms with van der Waals surface area (Å²) >= 11 is 0. The molecule has 0 rings (SSSR count). The Kier molecular flexibility index (Phi) is 13.7. The van der Waals surface area contributed by atoms with E-state index in [-0.39, 0.29) is 6.61 Å². The van der Waals surface area contributed by atoms with E-state index in [9.17, 15) is 9.90 Å². The summed E-state index contributed by atoms with van der Waals surface area (Å²) in [5.74, 6) is 0. The minimum absolute atomic E-state index is 0.280. The van der Waals surface area contributed by atoms with Crippen molar-refractivity contribution in [1.29, 1.82) is 0 Å². The molecule has 86 valence electrons. The summed E-state index contributed by atoms with van der Waals surface area (Å²) in [5, 5.41) is 9.70. The summed E-state index contributed by atoms with van der Waals surface area (Å²) < 4.78 is 4.19. The zero-order valence-corrected chi connectivity index (χ0v) is 9.76. The zero-order valence-electron chi connectivity index (χ0n) is 9.76. The smallest absolute Gasteiger partial charge is 0.251 e. The number of carbonyl (C=O) groups excluding carboxylic acids is 1. The van der Waals surface area contributed by atoms with Gasteiger partial charge in [-0.15, -0.1) is 0 Å². The van der Waals surface area contributed by atoms with Crippen molar-refractivity contribution in [2.45, 2.75) is 32.6 Å². The van der Waals surface area contributed by atoms with Gasteiger partial charge in [-0.25, -0.2) is 0 Å². The molecule has 0 aliphatic rings. The normalized spacial score (nSPS) is 9.21. The maximum absolute atomic E-state index is 9.70. The molecule has 0 aromatic heterocycles. The molecule has 0 radical (unpaired) electrons. The average molecular weight is 205 g/mol. The van der Waals surface area contributed by atoms with Crippen molar-refractivity contribution in [1.82, 2.24) is 0 Å². The van der Waals surface area contributed by atoms with Crippen LogP contribution < -0.4 is 10.0 Å². The Labute approximate surface area is 86.9 Å². The SMILES string of the molecule is CCCCCCOC(=O)[O-].C[NH+](C)C. The lowest BCUT2D eigenvalue weighted by Gasteiger charge is -2.06. The van der Waals surface area contributed by atoms with Crippen molar-refractivity contribution >= 4 is 6.16 Å². The third kappa shape index (κ3) is 30.3. The first-order valence-corrected chi connectivity index (χ1v) is 5.11. The largest absolute Gasteiger partial charge is 0.550 e. The van der Waals surface area contributed by atoms with Gasteiger partial charge < -0.3 is 19.5 Å². The molecular weight excluding hydrogens is 182 g/mol. The molecule has 0 atom stereocenters. The van der Waals surface area contributed by atoms with Gasteiger partial charge in [0.15, 0.2) is 0 Å². The van der Waals surface area contributed by atoms with Crippen molar-refractivity contribution in [2.24, 2.45) is 0 Å². The van der Waals surface area contributed by atoms with Crippen LogP contribution in [0.3, 0.4) is 0 Å². The van der Waals surface area contributed by atoms with E-state index < -0.39 is 6.16 Å². The molecule has 0 fully saturated rings. The van der Waals surface area contributed by atoms with E-state index in [4.69, 9.17) is 0 Å². The highest BCUT2D eigenvalue weighted by Gasteiger charge is 1.85. The number of carboxylic acid groups (broad SMARTS) is 1. The molecule has 0 saturated heterocycles. The monoisotopic (exact) mass is 205 g/mol. The van der Waals surface area contributed by atoms with E-state index in [1.807, 2.05) is 0 Å². The van der Waals surface area contributed by atoms with Gasteiger partial charge in [-0.2, -0.15) is 0 Å². The Morgan fingerprint density at radius 1 is 1.21 bits per heavy atom. The van der Waals surface area contributed by atoms with Gasteiger partial charge in [0.1, 0.15) is 0 Å². The molecular formula is C10H23NO3. The molecule has 0 spiro atoms. The summed E-state index contributed by atoms with van der Waals surface area (Å²) in [4.78, 5) is 11.1. The van der Waals surface area contributed by atoms with Gasteiger partial charge in [0.2, 0.25) is 0 Å². The molecule has 0 heterocycles. The first-order valence-electron chi connectivity index (χ1n) is 5.11. The van der Waals surface area contributed by atoms with Crippen LogP contribution in [0, 0.1) is 0 Å². The van der Waals surface area contributed by atoms with Crippen LogP contribution in [-0.4, -0.2) is 33.9 Å². The average Bonchev–Trinajstić information content (AvgIpc) is 2.02. The topological polar surface area (TPSA) is 53.8 Å². The third-order valence-electron chi connectivity index (χ3n) is 1.22. The van der Waals surface area contributed by atoms with Gasteiger partial charge in [0.25, 0.3) is 6.16 Å². The van der Waals surface area contributed by atoms with E-state index in [0.29, 0.717) is 0 Å². The number of ether oxygens (including phenoxy) is 1. The molecule has 0 bridgehead atoms. The molecule has 0 unspecified atom stereocenters. The van der Waals surface area contributed by atoms with Crippen molar-refractivity contribution in [3.8, 4) is 0 Å². The molecule has 0 aromatic carbocycles. The quantitative estimate of drug-likeness (QED) is 0.495. The van der Waals surface area contributed by atoms with Crippen LogP contribution in [0.2, 0.25) is 0 Å². The number of carbonyl (C=O) groups is 1. The van der Waals surface area contributed by atoms with Crippen LogP contribution in [0.4, 0.5) is 4.79 Å². The number of rotatable bonds is 5. The number of hydrogen-bond donors (Lipinski definition) is 1. The molecule has 1 N–H and O–H groups in total. The molecule has 0 amide bonds. The molecule has 14 heavy (non-hydrogen) atoms. The Balaban J connectivity index is 0. The van der Waals surface area contributed by atoms with Gasteiger partial charge in [-0.05, 0) is 6.42 Å². The summed E-state index contributed by atoms with van der Waals surface area (Å²) in [7, 11) is 6.25. The number of unbranched alkanes of at least 4 members (excludes halogenated alkanes) is 3. The predicted octanol–water partition coefficient (Wildman–Crippen LogP) is -0.313. The Morgan fingerprint density at radius 2 is 1.71 bits per heavy atom. The fourth-order valence-electron chi connectivity index (χ4n) is 0.684.